The second-order valence-corrected chi connectivity index (χ2v) is 10.5. The second-order valence-electron chi connectivity index (χ2n) is 8.06. The van der Waals surface area contributed by atoms with Gasteiger partial charge >= 0.3 is 0 Å². The molecule has 5 N–H and O–H groups in total. The van der Waals surface area contributed by atoms with Gasteiger partial charge in [0.1, 0.15) is 24.1 Å². The SMILES string of the molecule is O=P(O)(CCC1O[C@H](OC2CCCCC2)C(O)C(O)[C@@H]1O)Cc1ccccc1O. The van der Waals surface area contributed by atoms with Crippen LogP contribution in [0.15, 0.2) is 24.3 Å². The van der Waals surface area contributed by atoms with Crippen LogP contribution in [0.25, 0.3) is 0 Å². The molecule has 0 aromatic heterocycles. The molecule has 1 saturated carbocycles. The topological polar surface area (TPSA) is 137 Å². The number of hydrogen-bond donors (Lipinski definition) is 5. The lowest BCUT2D eigenvalue weighted by Crippen LogP contribution is -2.59. The maximum Gasteiger partial charge on any atom is 0.205 e. The van der Waals surface area contributed by atoms with E-state index in [2.05, 4.69) is 0 Å². The summed E-state index contributed by atoms with van der Waals surface area (Å²) in [5, 5.41) is 40.5. The lowest BCUT2D eigenvalue weighted by atomic mass is 9.96. The predicted octanol–water partition coefficient (Wildman–Crippen LogP) is 1.71. The number of aliphatic hydroxyl groups is 3. The molecular formula is C20H31O8P. The van der Waals surface area contributed by atoms with E-state index in [1.165, 1.54) is 6.07 Å². The summed E-state index contributed by atoms with van der Waals surface area (Å²) in [6, 6.07) is 6.34. The highest BCUT2D eigenvalue weighted by Crippen LogP contribution is 2.47. The van der Waals surface area contributed by atoms with Gasteiger partial charge in [0.05, 0.1) is 18.4 Å². The number of phenolic OH excluding ortho intramolecular Hbond substituents is 1. The zero-order valence-electron chi connectivity index (χ0n) is 16.3. The smallest absolute Gasteiger partial charge is 0.205 e. The van der Waals surface area contributed by atoms with Gasteiger partial charge in [-0.25, -0.2) is 0 Å². The van der Waals surface area contributed by atoms with Gasteiger partial charge in [-0.15, -0.1) is 0 Å². The van der Waals surface area contributed by atoms with Crippen LogP contribution in [-0.2, 0) is 20.2 Å². The van der Waals surface area contributed by atoms with Crippen molar-refractivity contribution in [2.24, 2.45) is 0 Å². The van der Waals surface area contributed by atoms with Gasteiger partial charge in [0, 0.05) is 11.7 Å². The average Bonchev–Trinajstić information content (AvgIpc) is 2.70. The highest BCUT2D eigenvalue weighted by atomic mass is 31.2. The van der Waals surface area contributed by atoms with Crippen LogP contribution in [0, 0.1) is 0 Å². The van der Waals surface area contributed by atoms with Gasteiger partial charge in [-0.05, 0) is 25.3 Å². The molecule has 8 nitrogen and oxygen atoms in total. The Morgan fingerprint density at radius 1 is 1.03 bits per heavy atom. The van der Waals surface area contributed by atoms with Gasteiger partial charge in [0.25, 0.3) is 0 Å². The summed E-state index contributed by atoms with van der Waals surface area (Å²) in [5.41, 5.74) is 0.373. The monoisotopic (exact) mass is 430 g/mol. The van der Waals surface area contributed by atoms with Gasteiger partial charge in [0.15, 0.2) is 6.29 Å². The van der Waals surface area contributed by atoms with E-state index in [9.17, 15) is 29.9 Å². The molecule has 2 fully saturated rings. The summed E-state index contributed by atoms with van der Waals surface area (Å²) < 4.78 is 24.1. The minimum absolute atomic E-state index is 0.0108. The fraction of sp³-hybridized carbons (Fsp3) is 0.700. The molecule has 0 amide bonds. The molecule has 1 saturated heterocycles. The summed E-state index contributed by atoms with van der Waals surface area (Å²) in [6.45, 7) is 0. The maximum atomic E-state index is 12.6. The van der Waals surface area contributed by atoms with E-state index < -0.39 is 38.1 Å². The molecule has 29 heavy (non-hydrogen) atoms. The van der Waals surface area contributed by atoms with E-state index >= 15 is 0 Å². The van der Waals surface area contributed by atoms with E-state index in [0.717, 1.165) is 32.1 Å². The van der Waals surface area contributed by atoms with Crippen LogP contribution in [0.1, 0.15) is 44.1 Å². The Labute approximate surface area is 170 Å². The standard InChI is InChI=1S/C20H31O8P/c21-15-9-5-4-6-13(15)12-29(25,26)11-10-16-17(22)18(23)19(24)20(28-16)27-14-7-2-1-3-8-14/h4-6,9,14,16-24H,1-3,7-8,10-12H2,(H,25,26)/t16?,17-,18?,19?,20+/m1/s1. The summed E-state index contributed by atoms with van der Waals surface area (Å²) in [4.78, 5) is 10.3. The molecule has 1 aromatic carbocycles. The lowest BCUT2D eigenvalue weighted by Gasteiger charge is -2.42. The Morgan fingerprint density at radius 3 is 2.41 bits per heavy atom. The lowest BCUT2D eigenvalue weighted by molar-refractivity contribution is -0.309. The first-order valence-corrected chi connectivity index (χ1v) is 12.2. The zero-order valence-corrected chi connectivity index (χ0v) is 17.2. The number of phenols is 1. The molecular weight excluding hydrogens is 399 g/mol. The highest BCUT2D eigenvalue weighted by molar-refractivity contribution is 7.57. The zero-order chi connectivity index (χ0) is 21.0. The molecule has 164 valence electrons. The number of rotatable bonds is 7. The van der Waals surface area contributed by atoms with Crippen molar-refractivity contribution in [3.8, 4) is 5.75 Å². The van der Waals surface area contributed by atoms with Gasteiger partial charge in [-0.1, -0.05) is 37.5 Å². The quantitative estimate of drug-likeness (QED) is 0.413. The first-order valence-electron chi connectivity index (χ1n) is 10.2. The van der Waals surface area contributed by atoms with Crippen molar-refractivity contribution in [3.05, 3.63) is 29.8 Å². The second kappa shape index (κ2) is 9.88. The minimum atomic E-state index is -3.66. The third-order valence-electron chi connectivity index (χ3n) is 5.72. The number of benzene rings is 1. The molecule has 1 aliphatic heterocycles. The predicted molar refractivity (Wildman–Crippen MR) is 106 cm³/mol. The van der Waals surface area contributed by atoms with E-state index in [0.29, 0.717) is 5.56 Å². The summed E-state index contributed by atoms with van der Waals surface area (Å²) in [6.07, 6.45) is -1.78. The van der Waals surface area contributed by atoms with Gasteiger partial charge in [-0.2, -0.15) is 0 Å². The average molecular weight is 430 g/mol. The van der Waals surface area contributed by atoms with Crippen LogP contribution in [-0.4, -0.2) is 68.3 Å². The first-order chi connectivity index (χ1) is 13.8. The Hall–Kier alpha value is -0.990. The van der Waals surface area contributed by atoms with Crippen LogP contribution in [0.2, 0.25) is 0 Å². The Balaban J connectivity index is 1.59. The van der Waals surface area contributed by atoms with E-state index in [1.807, 2.05) is 0 Å². The van der Waals surface area contributed by atoms with Crippen molar-refractivity contribution >= 4 is 7.37 Å². The van der Waals surface area contributed by atoms with Crippen LogP contribution >= 0.6 is 7.37 Å². The van der Waals surface area contributed by atoms with E-state index in [1.54, 1.807) is 18.2 Å². The highest BCUT2D eigenvalue weighted by Gasteiger charge is 2.45. The van der Waals surface area contributed by atoms with Crippen molar-refractivity contribution in [2.45, 2.75) is 81.5 Å². The Kier molecular flexibility index (Phi) is 7.73. The molecule has 9 heteroatoms. The van der Waals surface area contributed by atoms with Gasteiger partial charge < -0.3 is 34.8 Å². The molecule has 4 unspecified atom stereocenters. The molecule has 1 heterocycles. The van der Waals surface area contributed by atoms with Gasteiger partial charge in [0.2, 0.25) is 7.37 Å². The van der Waals surface area contributed by atoms with Crippen molar-refractivity contribution in [1.82, 2.24) is 0 Å². The maximum absolute atomic E-state index is 12.6. The van der Waals surface area contributed by atoms with Crippen LogP contribution in [0.3, 0.4) is 0 Å². The molecule has 1 aromatic rings. The molecule has 0 radical (unpaired) electrons. The summed E-state index contributed by atoms with van der Waals surface area (Å²) >= 11 is 0. The third kappa shape index (κ3) is 6.01. The molecule has 3 rings (SSSR count). The third-order valence-corrected chi connectivity index (χ3v) is 7.51. The van der Waals surface area contributed by atoms with Crippen molar-refractivity contribution in [1.29, 1.82) is 0 Å². The number of aliphatic hydroxyl groups excluding tert-OH is 3. The van der Waals surface area contributed by atoms with Crippen LogP contribution < -0.4 is 0 Å². The van der Waals surface area contributed by atoms with E-state index in [-0.39, 0.29) is 30.6 Å². The number of para-hydroxylation sites is 1. The Morgan fingerprint density at radius 2 is 1.72 bits per heavy atom. The summed E-state index contributed by atoms with van der Waals surface area (Å²) in [5.74, 6) is -0.0461. The van der Waals surface area contributed by atoms with Crippen LogP contribution in [0.4, 0.5) is 0 Å². The fourth-order valence-corrected chi connectivity index (χ4v) is 5.59. The molecule has 0 spiro atoms. The molecule has 2 aliphatic rings. The van der Waals surface area contributed by atoms with E-state index in [4.69, 9.17) is 9.47 Å². The minimum Gasteiger partial charge on any atom is -0.508 e. The number of hydrogen-bond acceptors (Lipinski definition) is 7. The Bertz CT molecular complexity index is 707. The van der Waals surface area contributed by atoms with Crippen molar-refractivity contribution in [2.75, 3.05) is 6.16 Å². The van der Waals surface area contributed by atoms with Crippen LogP contribution in [0.5, 0.6) is 5.75 Å². The normalized spacial score (nSPS) is 33.3. The van der Waals surface area contributed by atoms with Gasteiger partial charge in [-0.3, -0.25) is 4.57 Å². The number of ether oxygens (including phenoxy) is 2. The molecule has 0 bridgehead atoms. The first kappa shape index (κ1) is 22.7. The summed E-state index contributed by atoms with van der Waals surface area (Å²) in [7, 11) is -3.66. The molecule has 1 aliphatic carbocycles. The number of aromatic hydroxyl groups is 1. The largest absolute Gasteiger partial charge is 0.508 e. The van der Waals surface area contributed by atoms with Crippen molar-refractivity contribution < 1.29 is 39.4 Å². The van der Waals surface area contributed by atoms with Crippen molar-refractivity contribution in [3.63, 3.8) is 0 Å². The molecule has 6 atom stereocenters. The fourth-order valence-electron chi connectivity index (χ4n) is 3.98.